The van der Waals surface area contributed by atoms with Crippen LogP contribution in [0.15, 0.2) is 36.4 Å². The second kappa shape index (κ2) is 5.48. The zero-order valence-electron chi connectivity index (χ0n) is 11.4. The Bertz CT molecular complexity index is 756. The van der Waals surface area contributed by atoms with Crippen LogP contribution >= 0.6 is 22.6 Å². The maximum atomic E-state index is 12.3. The summed E-state index contributed by atoms with van der Waals surface area (Å²) in [5, 5.41) is 5.66. The third kappa shape index (κ3) is 2.92. The van der Waals surface area contributed by atoms with Crippen LogP contribution in [0.25, 0.3) is 0 Å². The molecule has 1 aliphatic heterocycles. The summed E-state index contributed by atoms with van der Waals surface area (Å²) in [5.41, 5.74) is 4.01. The van der Waals surface area contributed by atoms with Gasteiger partial charge in [0.1, 0.15) is 0 Å². The molecule has 0 spiro atoms. The lowest BCUT2D eigenvalue weighted by Crippen LogP contribution is -2.13. The number of rotatable bonds is 2. The van der Waals surface area contributed by atoms with E-state index < -0.39 is 0 Å². The zero-order valence-corrected chi connectivity index (χ0v) is 13.5. The number of nitrogens with one attached hydrogen (secondary N) is 2. The Morgan fingerprint density at radius 3 is 2.81 bits per heavy atom. The molecule has 0 fully saturated rings. The van der Waals surface area contributed by atoms with Gasteiger partial charge < -0.3 is 10.6 Å². The number of hydrogen-bond donors (Lipinski definition) is 2. The average Bonchev–Trinajstić information content (AvgIpc) is 2.80. The number of aryl methyl sites for hydroxylation is 1. The van der Waals surface area contributed by atoms with Crippen LogP contribution in [0.1, 0.15) is 21.5 Å². The molecule has 2 N–H and O–H groups in total. The van der Waals surface area contributed by atoms with Crippen molar-refractivity contribution in [3.63, 3.8) is 0 Å². The SMILES string of the molecule is Cc1cc(I)ccc1NC(=O)c1ccc2c(c1)NC(=O)C2. The number of carbonyl (C=O) groups excluding carboxylic acids is 2. The van der Waals surface area contributed by atoms with Gasteiger partial charge in [-0.25, -0.2) is 0 Å². The maximum Gasteiger partial charge on any atom is 0.255 e. The van der Waals surface area contributed by atoms with Crippen molar-refractivity contribution >= 4 is 45.8 Å². The molecule has 2 aromatic rings. The Labute approximate surface area is 136 Å². The maximum absolute atomic E-state index is 12.3. The second-order valence-electron chi connectivity index (χ2n) is 5.01. The zero-order chi connectivity index (χ0) is 15.0. The van der Waals surface area contributed by atoms with E-state index in [1.54, 1.807) is 12.1 Å². The fourth-order valence-corrected chi connectivity index (χ4v) is 2.96. The van der Waals surface area contributed by atoms with Crippen molar-refractivity contribution in [3.05, 3.63) is 56.7 Å². The molecule has 0 aromatic heterocycles. The fourth-order valence-electron chi connectivity index (χ4n) is 2.32. The van der Waals surface area contributed by atoms with E-state index >= 15 is 0 Å². The highest BCUT2D eigenvalue weighted by molar-refractivity contribution is 14.1. The summed E-state index contributed by atoms with van der Waals surface area (Å²) in [4.78, 5) is 23.6. The lowest BCUT2D eigenvalue weighted by atomic mass is 10.1. The summed E-state index contributed by atoms with van der Waals surface area (Å²) in [5.74, 6) is -0.209. The van der Waals surface area contributed by atoms with Gasteiger partial charge in [0.05, 0.1) is 6.42 Å². The van der Waals surface area contributed by atoms with Gasteiger partial charge in [0.15, 0.2) is 0 Å². The van der Waals surface area contributed by atoms with Crippen molar-refractivity contribution in [2.75, 3.05) is 10.6 Å². The van der Waals surface area contributed by atoms with Crippen LogP contribution in [0, 0.1) is 10.5 Å². The molecule has 0 unspecified atom stereocenters. The Kier molecular flexibility index (Phi) is 3.67. The summed E-state index contributed by atoms with van der Waals surface area (Å²) in [6.45, 7) is 1.96. The fraction of sp³-hybridized carbons (Fsp3) is 0.125. The quantitative estimate of drug-likeness (QED) is 0.771. The summed E-state index contributed by atoms with van der Waals surface area (Å²) in [7, 11) is 0. The minimum atomic E-state index is -0.178. The normalized spacial score (nSPS) is 12.8. The van der Waals surface area contributed by atoms with Gasteiger partial charge in [-0.2, -0.15) is 0 Å². The first-order valence-corrected chi connectivity index (χ1v) is 7.61. The van der Waals surface area contributed by atoms with Crippen LogP contribution in [-0.4, -0.2) is 11.8 Å². The van der Waals surface area contributed by atoms with Crippen molar-refractivity contribution < 1.29 is 9.59 Å². The van der Waals surface area contributed by atoms with E-state index in [-0.39, 0.29) is 11.8 Å². The number of fused-ring (bicyclic) bond motifs is 1. The van der Waals surface area contributed by atoms with Crippen LogP contribution in [-0.2, 0) is 11.2 Å². The van der Waals surface area contributed by atoms with Gasteiger partial charge in [0.25, 0.3) is 5.91 Å². The van der Waals surface area contributed by atoms with Gasteiger partial charge in [0, 0.05) is 20.5 Å². The molecule has 1 heterocycles. The van der Waals surface area contributed by atoms with Crippen molar-refractivity contribution in [1.82, 2.24) is 0 Å². The topological polar surface area (TPSA) is 58.2 Å². The number of benzene rings is 2. The Morgan fingerprint density at radius 2 is 2.05 bits per heavy atom. The third-order valence-electron chi connectivity index (χ3n) is 3.43. The van der Waals surface area contributed by atoms with Crippen LogP contribution in [0.4, 0.5) is 11.4 Å². The molecule has 3 rings (SSSR count). The van der Waals surface area contributed by atoms with Crippen LogP contribution < -0.4 is 10.6 Å². The molecular weight excluding hydrogens is 379 g/mol. The number of carbonyl (C=O) groups is 2. The van der Waals surface area contributed by atoms with Crippen molar-refractivity contribution in [3.8, 4) is 0 Å². The number of hydrogen-bond acceptors (Lipinski definition) is 2. The molecule has 2 amide bonds. The highest BCUT2D eigenvalue weighted by Gasteiger charge is 2.19. The summed E-state index contributed by atoms with van der Waals surface area (Å²) in [6, 6.07) is 11.1. The van der Waals surface area contributed by atoms with E-state index in [2.05, 4.69) is 33.2 Å². The molecule has 5 heteroatoms. The molecule has 4 nitrogen and oxygen atoms in total. The monoisotopic (exact) mass is 392 g/mol. The van der Waals surface area contributed by atoms with E-state index in [0.29, 0.717) is 12.0 Å². The van der Waals surface area contributed by atoms with Crippen molar-refractivity contribution in [1.29, 1.82) is 0 Å². The van der Waals surface area contributed by atoms with Gasteiger partial charge >= 0.3 is 0 Å². The van der Waals surface area contributed by atoms with Gasteiger partial charge in [-0.15, -0.1) is 0 Å². The first kappa shape index (κ1) is 14.1. The molecule has 0 atom stereocenters. The van der Waals surface area contributed by atoms with Gasteiger partial charge in [-0.1, -0.05) is 6.07 Å². The smallest absolute Gasteiger partial charge is 0.255 e. The van der Waals surface area contributed by atoms with E-state index in [1.807, 2.05) is 31.2 Å². The van der Waals surface area contributed by atoms with Gasteiger partial charge in [0.2, 0.25) is 5.91 Å². The van der Waals surface area contributed by atoms with Crippen LogP contribution in [0.5, 0.6) is 0 Å². The summed E-state index contributed by atoms with van der Waals surface area (Å²) in [6.07, 6.45) is 0.382. The van der Waals surface area contributed by atoms with Crippen molar-refractivity contribution in [2.24, 2.45) is 0 Å². The largest absolute Gasteiger partial charge is 0.326 e. The predicted octanol–water partition coefficient (Wildman–Crippen LogP) is 3.35. The Hall–Kier alpha value is -1.89. The molecule has 0 saturated carbocycles. The summed E-state index contributed by atoms with van der Waals surface area (Å²) < 4.78 is 1.13. The van der Waals surface area contributed by atoms with E-state index in [0.717, 1.165) is 26.1 Å². The van der Waals surface area contributed by atoms with E-state index in [4.69, 9.17) is 0 Å². The number of amides is 2. The first-order valence-electron chi connectivity index (χ1n) is 6.53. The van der Waals surface area contributed by atoms with Gasteiger partial charge in [-0.3, -0.25) is 9.59 Å². The lowest BCUT2D eigenvalue weighted by Gasteiger charge is -2.09. The van der Waals surface area contributed by atoms with E-state index in [9.17, 15) is 9.59 Å². The van der Waals surface area contributed by atoms with Crippen LogP contribution in [0.2, 0.25) is 0 Å². The molecule has 0 saturated heterocycles. The number of halogens is 1. The molecule has 21 heavy (non-hydrogen) atoms. The lowest BCUT2D eigenvalue weighted by molar-refractivity contribution is -0.115. The van der Waals surface area contributed by atoms with E-state index in [1.165, 1.54) is 0 Å². The first-order chi connectivity index (χ1) is 10.0. The standard InChI is InChI=1S/C16H13IN2O2/c1-9-6-12(17)4-5-13(9)19-16(21)11-3-2-10-8-15(20)18-14(10)7-11/h2-7H,8H2,1H3,(H,18,20)(H,19,21). The molecule has 0 aliphatic carbocycles. The highest BCUT2D eigenvalue weighted by Crippen LogP contribution is 2.25. The Balaban J connectivity index is 1.83. The van der Waals surface area contributed by atoms with Gasteiger partial charge in [-0.05, 0) is 71.0 Å². The predicted molar refractivity (Wildman–Crippen MR) is 90.6 cm³/mol. The molecule has 2 aromatic carbocycles. The van der Waals surface area contributed by atoms with Crippen LogP contribution in [0.3, 0.4) is 0 Å². The molecule has 0 bridgehead atoms. The molecule has 106 valence electrons. The molecular formula is C16H13IN2O2. The highest BCUT2D eigenvalue weighted by atomic mass is 127. The third-order valence-corrected chi connectivity index (χ3v) is 4.10. The second-order valence-corrected chi connectivity index (χ2v) is 6.26. The Morgan fingerprint density at radius 1 is 1.24 bits per heavy atom. The molecule has 0 radical (unpaired) electrons. The number of anilines is 2. The minimum absolute atomic E-state index is 0.0314. The molecule has 1 aliphatic rings. The summed E-state index contributed by atoms with van der Waals surface area (Å²) >= 11 is 2.24. The average molecular weight is 392 g/mol. The van der Waals surface area contributed by atoms with Crippen molar-refractivity contribution in [2.45, 2.75) is 13.3 Å². The minimum Gasteiger partial charge on any atom is -0.326 e.